The average molecular weight is 333 g/mol. The van der Waals surface area contributed by atoms with Gasteiger partial charge in [0, 0.05) is 23.2 Å². The minimum atomic E-state index is -3.44. The molecule has 1 aliphatic carbocycles. The molecule has 0 radical (unpaired) electrons. The maximum absolute atomic E-state index is 12.5. The maximum atomic E-state index is 12.5. The Labute approximate surface area is 116 Å². The largest absolute Gasteiger partial charge is 0.398 e. The van der Waals surface area contributed by atoms with E-state index in [1.165, 1.54) is 10.4 Å². The van der Waals surface area contributed by atoms with Crippen LogP contribution in [0.5, 0.6) is 0 Å². The van der Waals surface area contributed by atoms with Crippen molar-refractivity contribution in [1.82, 2.24) is 4.31 Å². The summed E-state index contributed by atoms with van der Waals surface area (Å²) in [5, 5.41) is 0. The Kier molecular flexibility index (Phi) is 3.71. The van der Waals surface area contributed by atoms with E-state index in [9.17, 15) is 8.42 Å². The van der Waals surface area contributed by atoms with Crippen LogP contribution < -0.4 is 5.73 Å². The number of aryl methyl sites for hydroxylation is 1. The molecule has 0 heterocycles. The van der Waals surface area contributed by atoms with Crippen LogP contribution in [-0.2, 0) is 10.0 Å². The van der Waals surface area contributed by atoms with Crippen LogP contribution in [0.2, 0.25) is 0 Å². The molecule has 0 amide bonds. The summed E-state index contributed by atoms with van der Waals surface area (Å²) in [5.74, 6) is 0. The topological polar surface area (TPSA) is 63.4 Å². The fourth-order valence-electron chi connectivity index (χ4n) is 2.05. The fraction of sp³-hybridized carbons (Fsp3) is 0.500. The standard InChI is InChI=1S/C12H17BrN2O2S/c1-8-6-10(13)11(14)7-12(8)18(16,17)15(2)9-4-3-5-9/h6-7,9H,3-5,14H2,1-2H3. The van der Waals surface area contributed by atoms with Crippen LogP contribution in [0.1, 0.15) is 24.8 Å². The van der Waals surface area contributed by atoms with E-state index in [0.717, 1.165) is 23.7 Å². The zero-order chi connectivity index (χ0) is 13.5. The van der Waals surface area contributed by atoms with Crippen molar-refractivity contribution in [2.24, 2.45) is 0 Å². The molecule has 0 aromatic heterocycles. The van der Waals surface area contributed by atoms with Gasteiger partial charge in [-0.05, 0) is 53.4 Å². The monoisotopic (exact) mass is 332 g/mol. The van der Waals surface area contributed by atoms with Crippen LogP contribution in [-0.4, -0.2) is 25.8 Å². The highest BCUT2D eigenvalue weighted by atomic mass is 79.9. The summed E-state index contributed by atoms with van der Waals surface area (Å²) in [6.45, 7) is 1.78. The number of sulfonamides is 1. The van der Waals surface area contributed by atoms with Crippen molar-refractivity contribution in [2.75, 3.05) is 12.8 Å². The second-order valence-electron chi connectivity index (χ2n) is 4.75. The third-order valence-corrected chi connectivity index (χ3v) is 6.28. The normalized spacial score (nSPS) is 16.9. The molecule has 0 atom stereocenters. The van der Waals surface area contributed by atoms with Gasteiger partial charge in [-0.3, -0.25) is 0 Å². The van der Waals surface area contributed by atoms with Crippen LogP contribution in [0.4, 0.5) is 5.69 Å². The number of nitrogens with zero attached hydrogens (tertiary/aromatic N) is 1. The molecule has 1 fully saturated rings. The maximum Gasteiger partial charge on any atom is 0.243 e. The number of nitrogens with two attached hydrogens (primary N) is 1. The molecule has 2 N–H and O–H groups in total. The first-order chi connectivity index (χ1) is 8.34. The van der Waals surface area contributed by atoms with Crippen molar-refractivity contribution in [1.29, 1.82) is 0 Å². The summed E-state index contributed by atoms with van der Waals surface area (Å²) in [4.78, 5) is 0.303. The van der Waals surface area contributed by atoms with Crippen LogP contribution in [0, 0.1) is 6.92 Å². The van der Waals surface area contributed by atoms with Gasteiger partial charge in [0.1, 0.15) is 0 Å². The van der Waals surface area contributed by atoms with Gasteiger partial charge >= 0.3 is 0 Å². The summed E-state index contributed by atoms with van der Waals surface area (Å²) in [5.41, 5.74) is 6.94. The Morgan fingerprint density at radius 3 is 2.50 bits per heavy atom. The molecular weight excluding hydrogens is 316 g/mol. The second-order valence-corrected chi connectivity index (χ2v) is 7.57. The zero-order valence-corrected chi connectivity index (χ0v) is 12.9. The summed E-state index contributed by atoms with van der Waals surface area (Å²) in [7, 11) is -1.79. The quantitative estimate of drug-likeness (QED) is 0.865. The van der Waals surface area contributed by atoms with Crippen LogP contribution in [0.25, 0.3) is 0 Å². The lowest BCUT2D eigenvalue weighted by molar-refractivity contribution is 0.249. The van der Waals surface area contributed by atoms with Crippen molar-refractivity contribution in [2.45, 2.75) is 37.1 Å². The first kappa shape index (κ1) is 13.8. The molecule has 6 heteroatoms. The smallest absolute Gasteiger partial charge is 0.243 e. The van der Waals surface area contributed by atoms with E-state index in [-0.39, 0.29) is 6.04 Å². The molecular formula is C12H17BrN2O2S. The molecule has 1 saturated carbocycles. The van der Waals surface area contributed by atoms with Crippen molar-refractivity contribution < 1.29 is 8.42 Å². The van der Waals surface area contributed by atoms with E-state index >= 15 is 0 Å². The molecule has 0 aliphatic heterocycles. The number of hydrogen-bond donors (Lipinski definition) is 1. The Morgan fingerprint density at radius 2 is 2.00 bits per heavy atom. The van der Waals surface area contributed by atoms with E-state index in [2.05, 4.69) is 15.9 Å². The molecule has 0 bridgehead atoms. The molecule has 0 spiro atoms. The van der Waals surface area contributed by atoms with E-state index in [1.807, 2.05) is 0 Å². The van der Waals surface area contributed by atoms with Crippen LogP contribution >= 0.6 is 15.9 Å². The van der Waals surface area contributed by atoms with Gasteiger partial charge in [-0.1, -0.05) is 6.42 Å². The number of nitrogen functional groups attached to an aromatic ring is 1. The van der Waals surface area contributed by atoms with Crippen LogP contribution in [0.3, 0.4) is 0 Å². The summed E-state index contributed by atoms with van der Waals surface area (Å²) >= 11 is 3.30. The molecule has 4 nitrogen and oxygen atoms in total. The van der Waals surface area contributed by atoms with Gasteiger partial charge in [-0.15, -0.1) is 0 Å². The average Bonchev–Trinajstić information content (AvgIpc) is 2.20. The molecule has 1 aliphatic rings. The Hall–Kier alpha value is -0.590. The lowest BCUT2D eigenvalue weighted by atomic mass is 9.94. The fourth-order valence-corrected chi connectivity index (χ4v) is 4.16. The summed E-state index contributed by atoms with van der Waals surface area (Å²) in [6, 6.07) is 3.42. The molecule has 18 heavy (non-hydrogen) atoms. The van der Waals surface area contributed by atoms with Gasteiger partial charge in [0.15, 0.2) is 0 Å². The van der Waals surface area contributed by atoms with Crippen molar-refractivity contribution in [3.8, 4) is 0 Å². The first-order valence-electron chi connectivity index (χ1n) is 5.87. The molecule has 0 unspecified atom stereocenters. The number of halogens is 1. The van der Waals surface area contributed by atoms with Gasteiger partial charge in [-0.2, -0.15) is 4.31 Å². The summed E-state index contributed by atoms with van der Waals surface area (Å²) in [6.07, 6.45) is 2.99. The Bertz CT molecular complexity index is 568. The lowest BCUT2D eigenvalue weighted by Gasteiger charge is -2.34. The summed E-state index contributed by atoms with van der Waals surface area (Å²) < 4.78 is 27.2. The predicted octanol–water partition coefficient (Wildman–Crippen LogP) is 2.51. The minimum Gasteiger partial charge on any atom is -0.398 e. The second kappa shape index (κ2) is 4.83. The van der Waals surface area contributed by atoms with Gasteiger partial charge < -0.3 is 5.73 Å². The molecule has 1 aromatic rings. The highest BCUT2D eigenvalue weighted by molar-refractivity contribution is 9.10. The molecule has 2 rings (SSSR count). The van der Waals surface area contributed by atoms with Crippen molar-refractivity contribution >= 4 is 31.6 Å². The predicted molar refractivity (Wildman–Crippen MR) is 75.9 cm³/mol. The lowest BCUT2D eigenvalue weighted by Crippen LogP contribution is -2.41. The van der Waals surface area contributed by atoms with E-state index in [0.29, 0.717) is 16.1 Å². The molecule has 1 aromatic carbocycles. The molecule has 100 valence electrons. The molecule has 0 saturated heterocycles. The van der Waals surface area contributed by atoms with Crippen LogP contribution in [0.15, 0.2) is 21.5 Å². The highest BCUT2D eigenvalue weighted by Crippen LogP contribution is 2.32. The number of hydrogen-bond acceptors (Lipinski definition) is 3. The van der Waals surface area contributed by atoms with E-state index < -0.39 is 10.0 Å². The third-order valence-electron chi connectivity index (χ3n) is 3.54. The van der Waals surface area contributed by atoms with Crippen molar-refractivity contribution in [3.05, 3.63) is 22.2 Å². The van der Waals surface area contributed by atoms with Gasteiger partial charge in [0.05, 0.1) is 4.90 Å². The zero-order valence-electron chi connectivity index (χ0n) is 10.5. The number of benzene rings is 1. The highest BCUT2D eigenvalue weighted by Gasteiger charge is 2.32. The minimum absolute atomic E-state index is 0.138. The van der Waals surface area contributed by atoms with Crippen molar-refractivity contribution in [3.63, 3.8) is 0 Å². The van der Waals surface area contributed by atoms with Gasteiger partial charge in [-0.25, -0.2) is 8.42 Å². The number of rotatable bonds is 3. The van der Waals surface area contributed by atoms with E-state index in [1.54, 1.807) is 20.0 Å². The van der Waals surface area contributed by atoms with Gasteiger partial charge in [0.2, 0.25) is 10.0 Å². The van der Waals surface area contributed by atoms with Gasteiger partial charge in [0.25, 0.3) is 0 Å². The Balaban J connectivity index is 2.43. The first-order valence-corrected chi connectivity index (χ1v) is 8.11. The Morgan fingerprint density at radius 1 is 1.39 bits per heavy atom. The SMILES string of the molecule is Cc1cc(Br)c(N)cc1S(=O)(=O)N(C)C1CCC1. The third kappa shape index (κ3) is 2.29. The van der Waals surface area contributed by atoms with E-state index in [4.69, 9.17) is 5.73 Å². The number of anilines is 1.